The van der Waals surface area contributed by atoms with Gasteiger partial charge in [-0.2, -0.15) is 15.0 Å². The maximum absolute atomic E-state index is 6.98. The summed E-state index contributed by atoms with van der Waals surface area (Å²) in [5.41, 5.74) is 4.71. The largest absolute Gasteiger partial charge is 0.737 e. The Balaban J connectivity index is 1.17. The molecule has 11 aromatic rings. The van der Waals surface area contributed by atoms with E-state index >= 15 is 0 Å². The molecule has 3 aromatic heterocycles. The predicted octanol–water partition coefficient (Wildman–Crippen LogP) is 11.1. The molecule has 0 saturated heterocycles. The number of fused-ring (bicyclic) bond motifs is 6. The Morgan fingerprint density at radius 1 is 0.333 bits per heavy atom. The van der Waals surface area contributed by atoms with Crippen molar-refractivity contribution in [2.45, 2.75) is 0 Å². The zero-order valence-corrected chi connectivity index (χ0v) is 33.2. The molecule has 0 fully saturated rings. The molecule has 0 aliphatic carbocycles. The average molecular weight is 794 g/mol. The summed E-state index contributed by atoms with van der Waals surface area (Å²) in [6.07, 6.45) is 0. The van der Waals surface area contributed by atoms with Gasteiger partial charge >= 0.3 is 8.80 Å². The van der Waals surface area contributed by atoms with Crippen LogP contribution in [0.2, 0.25) is 0 Å². The first-order valence-corrected chi connectivity index (χ1v) is 21.5. The van der Waals surface area contributed by atoms with Crippen molar-refractivity contribution in [3.8, 4) is 40.5 Å². The van der Waals surface area contributed by atoms with Gasteiger partial charge in [0.05, 0.1) is 27.3 Å². The highest BCUT2D eigenvalue weighted by Gasteiger charge is 2.52. The summed E-state index contributed by atoms with van der Waals surface area (Å²) < 4.78 is 25.2. The van der Waals surface area contributed by atoms with E-state index in [9.17, 15) is 0 Å². The smallest absolute Gasteiger partial charge is 0.480 e. The molecule has 8 aromatic carbocycles. The van der Waals surface area contributed by atoms with Gasteiger partial charge in [-0.05, 0) is 66.7 Å². The van der Waals surface area contributed by atoms with Gasteiger partial charge in [0.25, 0.3) is 0 Å². The molecule has 0 N–H and O–H groups in total. The predicted molar refractivity (Wildman–Crippen MR) is 241 cm³/mol. The fourth-order valence-electron chi connectivity index (χ4n) is 7.98. The van der Waals surface area contributed by atoms with Crippen LogP contribution in [-0.2, 0) is 0 Å². The topological polar surface area (TPSA) is 76.2 Å². The van der Waals surface area contributed by atoms with Gasteiger partial charge in [-0.1, -0.05) is 146 Å². The summed E-state index contributed by atoms with van der Waals surface area (Å²) in [5, 5.41) is 5.16. The maximum atomic E-state index is 6.98. The van der Waals surface area contributed by atoms with E-state index in [1.54, 1.807) is 0 Å². The van der Waals surface area contributed by atoms with Gasteiger partial charge in [0.1, 0.15) is 17.2 Å². The molecule has 0 unspecified atom stereocenters. The van der Waals surface area contributed by atoms with Crippen LogP contribution in [-0.4, -0.2) is 32.9 Å². The van der Waals surface area contributed by atoms with E-state index in [1.165, 1.54) is 0 Å². The van der Waals surface area contributed by atoms with Gasteiger partial charge in [0, 0.05) is 27.1 Å². The molecule has 60 heavy (non-hydrogen) atoms. The Labute approximate surface area is 346 Å². The van der Waals surface area contributed by atoms with Crippen LogP contribution >= 0.6 is 0 Å². The fraction of sp³-hybridized carbons (Fsp3) is 0. The molecule has 286 valence electrons. The lowest BCUT2D eigenvalue weighted by Crippen LogP contribution is -2.64. The van der Waals surface area contributed by atoms with Gasteiger partial charge in [0.15, 0.2) is 5.82 Å². The van der Waals surface area contributed by atoms with E-state index in [4.69, 9.17) is 28.2 Å². The number of hydrogen-bond acceptors (Lipinski definition) is 6. The van der Waals surface area contributed by atoms with E-state index in [-0.39, 0.29) is 0 Å². The van der Waals surface area contributed by atoms with Crippen LogP contribution in [0.4, 0.5) is 0 Å². The lowest BCUT2D eigenvalue weighted by atomic mass is 10.2. The number of rotatable bonds is 10. The summed E-state index contributed by atoms with van der Waals surface area (Å²) >= 11 is 0. The van der Waals surface area contributed by atoms with Crippen molar-refractivity contribution in [3.63, 3.8) is 0 Å². The lowest BCUT2D eigenvalue weighted by molar-refractivity contribution is 0.281. The van der Waals surface area contributed by atoms with E-state index in [0.717, 1.165) is 49.2 Å². The van der Waals surface area contributed by atoms with Crippen LogP contribution < -0.4 is 18.5 Å². The van der Waals surface area contributed by atoms with Gasteiger partial charge in [-0.25, -0.2) is 0 Å². The Bertz CT molecular complexity index is 2980. The minimum Gasteiger partial charge on any atom is -0.480 e. The number of nitrogens with zero attached hydrogens (tertiary/aromatic N) is 5. The second-order valence-corrected chi connectivity index (χ2v) is 16.7. The van der Waals surface area contributed by atoms with Crippen LogP contribution in [0.3, 0.4) is 0 Å². The normalized spacial score (nSPS) is 11.7. The summed E-state index contributed by atoms with van der Waals surface area (Å²) in [6, 6.07) is 70.5. The highest BCUT2D eigenvalue weighted by atomic mass is 28.4. The van der Waals surface area contributed by atoms with Gasteiger partial charge in [-0.3, -0.25) is 9.13 Å². The third kappa shape index (κ3) is 6.21. The first kappa shape index (κ1) is 35.2. The molecule has 8 nitrogen and oxygen atoms in total. The molecule has 0 aliphatic rings. The first-order chi connectivity index (χ1) is 29.7. The molecule has 0 saturated carbocycles. The number of para-hydroxylation sites is 7. The van der Waals surface area contributed by atoms with Crippen molar-refractivity contribution in [2.24, 2.45) is 0 Å². The Hall–Kier alpha value is -8.01. The minimum absolute atomic E-state index is 0.475. The highest BCUT2D eigenvalue weighted by molar-refractivity contribution is 6.77. The third-order valence-electron chi connectivity index (χ3n) is 10.6. The van der Waals surface area contributed by atoms with E-state index in [1.807, 2.05) is 140 Å². The fourth-order valence-corrected chi connectivity index (χ4v) is 10.4. The zero-order valence-electron chi connectivity index (χ0n) is 32.2. The molecule has 0 spiro atoms. The molecule has 0 amide bonds. The van der Waals surface area contributed by atoms with Crippen LogP contribution in [0.25, 0.3) is 66.9 Å². The molecule has 11 rings (SSSR count). The average Bonchev–Trinajstić information content (AvgIpc) is 3.83. The standard InChI is InChI=1S/C51H35N5O3Si/c1-4-20-37(21-5-1)57-60(58-38-22-6-2-7-23-38,59-39-24-8-3-9-25-39)40-26-18-19-36(35-40)49-52-50(55-45-31-14-10-27-41(45)42-28-11-15-32-46(42)55)54-51(53-49)56-47-33-16-12-29-43(47)44-30-13-17-34-48(44)56/h1-35H. The molecule has 0 bridgehead atoms. The van der Waals surface area contributed by atoms with Crippen molar-refractivity contribution < 1.29 is 13.3 Å². The second kappa shape index (κ2) is 14.7. The Kier molecular flexibility index (Phi) is 8.64. The first-order valence-electron chi connectivity index (χ1n) is 19.8. The van der Waals surface area contributed by atoms with E-state index in [2.05, 4.69) is 81.9 Å². The van der Waals surface area contributed by atoms with Crippen molar-refractivity contribution in [1.29, 1.82) is 0 Å². The van der Waals surface area contributed by atoms with Crippen LogP contribution in [0.15, 0.2) is 212 Å². The van der Waals surface area contributed by atoms with Crippen molar-refractivity contribution in [2.75, 3.05) is 0 Å². The van der Waals surface area contributed by atoms with Crippen molar-refractivity contribution in [3.05, 3.63) is 212 Å². The monoisotopic (exact) mass is 793 g/mol. The van der Waals surface area contributed by atoms with Gasteiger partial charge < -0.3 is 13.3 Å². The van der Waals surface area contributed by atoms with Crippen molar-refractivity contribution >= 4 is 57.6 Å². The summed E-state index contributed by atoms with van der Waals surface area (Å²) in [7, 11) is -3.92. The summed E-state index contributed by atoms with van der Waals surface area (Å²) in [6.45, 7) is 0. The number of hydrogen-bond donors (Lipinski definition) is 0. The van der Waals surface area contributed by atoms with Gasteiger partial charge in [0.2, 0.25) is 11.9 Å². The Morgan fingerprint density at radius 2 is 0.683 bits per heavy atom. The minimum atomic E-state index is -3.92. The van der Waals surface area contributed by atoms with Crippen molar-refractivity contribution in [1.82, 2.24) is 24.1 Å². The molecule has 0 aliphatic heterocycles. The van der Waals surface area contributed by atoms with Gasteiger partial charge in [-0.15, -0.1) is 0 Å². The highest BCUT2D eigenvalue weighted by Crippen LogP contribution is 2.35. The molecule has 9 heteroatoms. The lowest BCUT2D eigenvalue weighted by Gasteiger charge is -2.30. The van der Waals surface area contributed by atoms with E-state index < -0.39 is 8.80 Å². The van der Waals surface area contributed by atoms with E-state index in [0.29, 0.717) is 40.2 Å². The summed E-state index contributed by atoms with van der Waals surface area (Å²) in [5.74, 6) is 3.30. The third-order valence-corrected chi connectivity index (χ3v) is 13.2. The number of benzene rings is 8. The van der Waals surface area contributed by atoms with Crippen LogP contribution in [0.5, 0.6) is 17.2 Å². The second-order valence-electron chi connectivity index (χ2n) is 14.4. The molecule has 3 heterocycles. The Morgan fingerprint density at radius 3 is 1.07 bits per heavy atom. The maximum Gasteiger partial charge on any atom is 0.737 e. The SMILES string of the molecule is c1ccc(O[Si](Oc2ccccc2)(Oc2ccccc2)c2cccc(-c3nc(-n4c5ccccc5c5ccccc54)nc(-n4c5ccccc5c5ccccc54)n3)c2)cc1. The van der Waals surface area contributed by atoms with Crippen LogP contribution in [0, 0.1) is 0 Å². The number of aromatic nitrogens is 5. The quantitative estimate of drug-likeness (QED) is 0.128. The zero-order chi connectivity index (χ0) is 39.9. The molecular weight excluding hydrogens is 759 g/mol. The molecule has 0 atom stereocenters. The molecule has 0 radical (unpaired) electrons. The summed E-state index contributed by atoms with van der Waals surface area (Å²) in [4.78, 5) is 15.9. The van der Waals surface area contributed by atoms with Crippen LogP contribution in [0.1, 0.15) is 0 Å². The molecular formula is C51H35N5O3Si.